The van der Waals surface area contributed by atoms with Crippen LogP contribution in [0.1, 0.15) is 22.7 Å². The first-order valence-corrected chi connectivity index (χ1v) is 6.39. The molecular formula is C11H13NO4S. The van der Waals surface area contributed by atoms with Crippen LogP contribution in [0.3, 0.4) is 0 Å². The van der Waals surface area contributed by atoms with Crippen LogP contribution in [0.15, 0.2) is 16.5 Å². The molecule has 1 amide bonds. The Morgan fingerprint density at radius 1 is 1.53 bits per heavy atom. The molecule has 92 valence electrons. The zero-order valence-corrected chi connectivity index (χ0v) is 10.2. The van der Waals surface area contributed by atoms with Crippen LogP contribution in [0.25, 0.3) is 0 Å². The highest BCUT2D eigenvalue weighted by Gasteiger charge is 2.43. The van der Waals surface area contributed by atoms with Gasteiger partial charge in [-0.2, -0.15) is 11.8 Å². The molecule has 0 radical (unpaired) electrons. The Morgan fingerprint density at radius 2 is 2.29 bits per heavy atom. The molecule has 1 aromatic rings. The van der Waals surface area contributed by atoms with Crippen molar-refractivity contribution in [2.75, 3.05) is 11.5 Å². The zero-order chi connectivity index (χ0) is 12.5. The number of rotatable bonds is 3. The van der Waals surface area contributed by atoms with Gasteiger partial charge in [-0.3, -0.25) is 4.79 Å². The fourth-order valence-electron chi connectivity index (χ4n) is 1.72. The maximum absolute atomic E-state index is 11.8. The highest BCUT2D eigenvalue weighted by Crippen LogP contribution is 2.28. The van der Waals surface area contributed by atoms with Crippen molar-refractivity contribution in [1.29, 1.82) is 0 Å². The molecule has 0 bridgehead atoms. The van der Waals surface area contributed by atoms with Crippen LogP contribution in [0, 0.1) is 6.92 Å². The van der Waals surface area contributed by atoms with E-state index in [-0.39, 0.29) is 5.76 Å². The van der Waals surface area contributed by atoms with E-state index in [0.717, 1.165) is 5.75 Å². The standard InChI is InChI=1S/C11H13NO4S/c1-7-2-3-8(16-7)9(13)12-11(10(14)15)4-5-17-6-11/h2-3H,4-6H2,1H3,(H,12,13)(H,14,15). The number of aliphatic carboxylic acids is 1. The largest absolute Gasteiger partial charge is 0.479 e. The fraction of sp³-hybridized carbons (Fsp3) is 0.455. The molecule has 17 heavy (non-hydrogen) atoms. The molecule has 2 heterocycles. The van der Waals surface area contributed by atoms with Gasteiger partial charge in [0.1, 0.15) is 11.3 Å². The average molecular weight is 255 g/mol. The van der Waals surface area contributed by atoms with Crippen molar-refractivity contribution in [2.24, 2.45) is 0 Å². The molecule has 0 aromatic carbocycles. The molecule has 0 saturated carbocycles. The number of carbonyl (C=O) groups excluding carboxylic acids is 1. The molecule has 1 aliphatic heterocycles. The van der Waals surface area contributed by atoms with E-state index >= 15 is 0 Å². The quantitative estimate of drug-likeness (QED) is 0.850. The third-order valence-electron chi connectivity index (χ3n) is 2.75. The number of amides is 1. The van der Waals surface area contributed by atoms with Gasteiger partial charge in [0.2, 0.25) is 0 Å². The third-order valence-corrected chi connectivity index (χ3v) is 3.94. The van der Waals surface area contributed by atoms with Gasteiger partial charge in [-0.15, -0.1) is 0 Å². The van der Waals surface area contributed by atoms with Crippen molar-refractivity contribution in [3.8, 4) is 0 Å². The maximum atomic E-state index is 11.8. The van der Waals surface area contributed by atoms with Gasteiger partial charge in [0.15, 0.2) is 5.76 Å². The summed E-state index contributed by atoms with van der Waals surface area (Å²) >= 11 is 1.53. The number of hydrogen-bond acceptors (Lipinski definition) is 4. The number of hydrogen-bond donors (Lipinski definition) is 2. The Balaban J connectivity index is 2.14. The Morgan fingerprint density at radius 3 is 2.76 bits per heavy atom. The third kappa shape index (κ3) is 2.31. The van der Waals surface area contributed by atoms with Crippen molar-refractivity contribution in [2.45, 2.75) is 18.9 Å². The molecule has 2 N–H and O–H groups in total. The zero-order valence-electron chi connectivity index (χ0n) is 9.36. The number of aryl methyl sites for hydroxylation is 1. The van der Waals surface area contributed by atoms with Gasteiger partial charge in [0.25, 0.3) is 5.91 Å². The first-order valence-electron chi connectivity index (χ1n) is 5.24. The van der Waals surface area contributed by atoms with E-state index in [1.807, 2.05) is 0 Å². The summed E-state index contributed by atoms with van der Waals surface area (Å²) in [6, 6.07) is 3.22. The van der Waals surface area contributed by atoms with E-state index in [1.165, 1.54) is 11.8 Å². The molecule has 2 rings (SSSR count). The monoisotopic (exact) mass is 255 g/mol. The highest BCUT2D eigenvalue weighted by atomic mass is 32.2. The summed E-state index contributed by atoms with van der Waals surface area (Å²) in [5.41, 5.74) is -1.15. The molecule has 1 aromatic heterocycles. The summed E-state index contributed by atoms with van der Waals surface area (Å²) in [5.74, 6) is 0.458. The van der Waals surface area contributed by atoms with Crippen LogP contribution in [0.2, 0.25) is 0 Å². The van der Waals surface area contributed by atoms with E-state index in [4.69, 9.17) is 4.42 Å². The lowest BCUT2D eigenvalue weighted by Crippen LogP contribution is -2.54. The fourth-order valence-corrected chi connectivity index (χ4v) is 3.05. The van der Waals surface area contributed by atoms with E-state index in [9.17, 15) is 14.7 Å². The molecule has 1 atom stereocenters. The number of carboxylic acid groups (broad SMARTS) is 1. The van der Waals surface area contributed by atoms with Crippen LogP contribution in [0.4, 0.5) is 0 Å². The summed E-state index contributed by atoms with van der Waals surface area (Å²) in [7, 11) is 0. The van der Waals surface area contributed by atoms with Gasteiger partial charge in [-0.25, -0.2) is 4.79 Å². The second-order valence-electron chi connectivity index (χ2n) is 4.05. The minimum Gasteiger partial charge on any atom is -0.479 e. The molecule has 1 saturated heterocycles. The Labute approximate surface area is 103 Å². The minimum absolute atomic E-state index is 0.153. The molecule has 1 unspecified atom stereocenters. The lowest BCUT2D eigenvalue weighted by atomic mass is 9.99. The molecule has 1 fully saturated rings. The number of thioether (sulfide) groups is 1. The lowest BCUT2D eigenvalue weighted by Gasteiger charge is -2.23. The molecular weight excluding hydrogens is 242 g/mol. The number of nitrogens with one attached hydrogen (secondary N) is 1. The van der Waals surface area contributed by atoms with E-state index in [0.29, 0.717) is 17.9 Å². The average Bonchev–Trinajstić information content (AvgIpc) is 2.87. The second kappa shape index (κ2) is 4.44. The summed E-state index contributed by atoms with van der Waals surface area (Å²) < 4.78 is 5.17. The van der Waals surface area contributed by atoms with Gasteiger partial charge in [0, 0.05) is 5.75 Å². The van der Waals surface area contributed by atoms with Crippen molar-refractivity contribution in [3.05, 3.63) is 23.7 Å². The van der Waals surface area contributed by atoms with E-state index < -0.39 is 17.4 Å². The van der Waals surface area contributed by atoms with Gasteiger partial charge in [0.05, 0.1) is 0 Å². The molecule has 0 spiro atoms. The number of carbonyl (C=O) groups is 2. The number of carboxylic acids is 1. The lowest BCUT2D eigenvalue weighted by molar-refractivity contribution is -0.143. The van der Waals surface area contributed by atoms with Crippen molar-refractivity contribution in [3.63, 3.8) is 0 Å². The maximum Gasteiger partial charge on any atom is 0.330 e. The second-order valence-corrected chi connectivity index (χ2v) is 5.16. The SMILES string of the molecule is Cc1ccc(C(=O)NC2(C(=O)O)CCSC2)o1. The van der Waals surface area contributed by atoms with E-state index in [1.54, 1.807) is 19.1 Å². The Kier molecular flexibility index (Phi) is 3.15. The predicted molar refractivity (Wildman–Crippen MR) is 63.2 cm³/mol. The smallest absolute Gasteiger partial charge is 0.330 e. The van der Waals surface area contributed by atoms with E-state index in [2.05, 4.69) is 5.32 Å². The van der Waals surface area contributed by atoms with Crippen LogP contribution >= 0.6 is 11.8 Å². The van der Waals surface area contributed by atoms with Gasteiger partial charge < -0.3 is 14.8 Å². The van der Waals surface area contributed by atoms with Crippen molar-refractivity contribution < 1.29 is 19.1 Å². The first-order chi connectivity index (χ1) is 8.03. The Bertz CT molecular complexity index is 448. The van der Waals surface area contributed by atoms with Crippen LogP contribution in [0.5, 0.6) is 0 Å². The molecule has 1 aliphatic rings. The van der Waals surface area contributed by atoms with Crippen molar-refractivity contribution >= 4 is 23.6 Å². The van der Waals surface area contributed by atoms with Crippen LogP contribution in [-0.4, -0.2) is 34.0 Å². The topological polar surface area (TPSA) is 79.5 Å². The van der Waals surface area contributed by atoms with Crippen molar-refractivity contribution in [1.82, 2.24) is 5.32 Å². The van der Waals surface area contributed by atoms with Crippen LogP contribution < -0.4 is 5.32 Å². The molecule has 5 nitrogen and oxygen atoms in total. The molecule has 0 aliphatic carbocycles. The van der Waals surface area contributed by atoms with Gasteiger partial charge in [-0.1, -0.05) is 0 Å². The number of furan rings is 1. The summed E-state index contributed by atoms with van der Waals surface area (Å²) in [5, 5.41) is 11.8. The molecule has 6 heteroatoms. The predicted octanol–water partition coefficient (Wildman–Crippen LogP) is 1.28. The summed E-state index contributed by atoms with van der Waals surface area (Å²) in [6.45, 7) is 1.73. The van der Waals surface area contributed by atoms with Crippen LogP contribution in [-0.2, 0) is 4.79 Å². The first kappa shape index (κ1) is 12.0. The normalized spacial score (nSPS) is 23.6. The summed E-state index contributed by atoms with van der Waals surface area (Å²) in [6.07, 6.45) is 0.443. The minimum atomic E-state index is -1.15. The summed E-state index contributed by atoms with van der Waals surface area (Å²) in [4.78, 5) is 23.1. The van der Waals surface area contributed by atoms with Gasteiger partial charge >= 0.3 is 5.97 Å². The Hall–Kier alpha value is -1.43. The van der Waals surface area contributed by atoms with Gasteiger partial charge in [-0.05, 0) is 31.2 Å². The highest BCUT2D eigenvalue weighted by molar-refractivity contribution is 7.99.